The second-order valence-corrected chi connectivity index (χ2v) is 2.96. The zero-order valence-electron chi connectivity index (χ0n) is 8.03. The molecular formula is C9H16N2O3. The number of nitrogens with one attached hydrogen (secondary N) is 1. The molecule has 0 radical (unpaired) electrons. The zero-order chi connectivity index (χ0) is 11.0. The van der Waals surface area contributed by atoms with Gasteiger partial charge in [-0.05, 0) is 25.3 Å². The Bertz CT molecular complexity index is 216. The molecule has 0 saturated heterocycles. The summed E-state index contributed by atoms with van der Waals surface area (Å²) < 4.78 is 0. The van der Waals surface area contributed by atoms with Gasteiger partial charge in [0.15, 0.2) is 0 Å². The van der Waals surface area contributed by atoms with Crippen molar-refractivity contribution in [1.82, 2.24) is 5.32 Å². The Morgan fingerprint density at radius 2 is 2.14 bits per heavy atom. The van der Waals surface area contributed by atoms with Crippen LogP contribution in [0.2, 0.25) is 0 Å². The number of amides is 1. The van der Waals surface area contributed by atoms with Gasteiger partial charge >= 0.3 is 5.97 Å². The number of hydrogen-bond acceptors (Lipinski definition) is 3. The Hall–Kier alpha value is -1.36. The number of aliphatic carboxylic acids is 1. The highest BCUT2D eigenvalue weighted by Gasteiger charge is 2.04. The first-order valence-electron chi connectivity index (χ1n) is 4.46. The van der Waals surface area contributed by atoms with E-state index in [0.717, 1.165) is 6.08 Å². The Morgan fingerprint density at radius 1 is 1.50 bits per heavy atom. The van der Waals surface area contributed by atoms with Gasteiger partial charge < -0.3 is 16.2 Å². The van der Waals surface area contributed by atoms with Crippen LogP contribution in [0, 0.1) is 0 Å². The van der Waals surface area contributed by atoms with E-state index in [2.05, 4.69) is 11.9 Å². The van der Waals surface area contributed by atoms with E-state index in [1.165, 1.54) is 0 Å². The highest BCUT2D eigenvalue weighted by Crippen LogP contribution is 2.00. The molecule has 0 spiro atoms. The van der Waals surface area contributed by atoms with E-state index >= 15 is 0 Å². The van der Waals surface area contributed by atoms with Gasteiger partial charge in [-0.25, -0.2) is 0 Å². The van der Waals surface area contributed by atoms with Crippen LogP contribution in [0.5, 0.6) is 0 Å². The van der Waals surface area contributed by atoms with E-state index < -0.39 is 12.1 Å². The van der Waals surface area contributed by atoms with Crippen LogP contribution in [-0.4, -0.2) is 23.1 Å². The predicted octanol–water partition coefficient (Wildman–Crippen LogP) is 0.218. The van der Waals surface area contributed by atoms with Gasteiger partial charge in [-0.3, -0.25) is 9.59 Å². The van der Waals surface area contributed by atoms with Crippen molar-refractivity contribution >= 4 is 11.9 Å². The van der Waals surface area contributed by atoms with E-state index in [4.69, 9.17) is 10.8 Å². The van der Waals surface area contributed by atoms with Crippen LogP contribution >= 0.6 is 0 Å². The van der Waals surface area contributed by atoms with Crippen molar-refractivity contribution in [3.63, 3.8) is 0 Å². The molecule has 4 N–H and O–H groups in total. The lowest BCUT2D eigenvalue weighted by atomic mass is 10.1. The number of hydrogen-bond donors (Lipinski definition) is 3. The quantitative estimate of drug-likeness (QED) is 0.311. The molecule has 0 saturated carbocycles. The average Bonchev–Trinajstić information content (AvgIpc) is 2.12. The first-order chi connectivity index (χ1) is 6.56. The summed E-state index contributed by atoms with van der Waals surface area (Å²) in [6.45, 7) is 3.29. The molecular weight excluding hydrogens is 184 g/mol. The summed E-state index contributed by atoms with van der Waals surface area (Å²) in [5.74, 6) is -1.12. The van der Waals surface area contributed by atoms with Gasteiger partial charge in [-0.1, -0.05) is 6.58 Å². The molecule has 1 unspecified atom stereocenters. The van der Waals surface area contributed by atoms with Crippen molar-refractivity contribution < 1.29 is 14.7 Å². The SMILES string of the molecule is C=CC(=O)NC(N)CCCCC(=O)O. The molecule has 1 atom stereocenters. The molecule has 14 heavy (non-hydrogen) atoms. The third-order valence-corrected chi connectivity index (χ3v) is 1.67. The fourth-order valence-corrected chi connectivity index (χ4v) is 0.954. The molecule has 0 bridgehead atoms. The second kappa shape index (κ2) is 7.08. The Labute approximate surface area is 83.0 Å². The molecule has 5 nitrogen and oxygen atoms in total. The highest BCUT2D eigenvalue weighted by atomic mass is 16.4. The van der Waals surface area contributed by atoms with E-state index in [9.17, 15) is 9.59 Å². The first-order valence-corrected chi connectivity index (χ1v) is 4.46. The summed E-state index contributed by atoms with van der Waals surface area (Å²) in [6.07, 6.45) is 2.71. The maximum Gasteiger partial charge on any atom is 0.303 e. The number of unbranched alkanes of at least 4 members (excludes halogenated alkanes) is 1. The molecule has 0 fully saturated rings. The highest BCUT2D eigenvalue weighted by molar-refractivity contribution is 5.86. The van der Waals surface area contributed by atoms with Crippen molar-refractivity contribution in [1.29, 1.82) is 0 Å². The molecule has 0 heterocycles. The van der Waals surface area contributed by atoms with Crippen LogP contribution in [0.3, 0.4) is 0 Å². The van der Waals surface area contributed by atoms with Gasteiger partial charge in [0, 0.05) is 6.42 Å². The largest absolute Gasteiger partial charge is 0.481 e. The molecule has 0 rings (SSSR count). The fourth-order valence-electron chi connectivity index (χ4n) is 0.954. The molecule has 0 aromatic carbocycles. The van der Waals surface area contributed by atoms with E-state index in [1.807, 2.05) is 0 Å². The minimum atomic E-state index is -0.811. The maximum atomic E-state index is 10.8. The number of nitrogens with two attached hydrogens (primary N) is 1. The summed E-state index contributed by atoms with van der Waals surface area (Å²) in [5, 5.41) is 10.8. The summed E-state index contributed by atoms with van der Waals surface area (Å²) in [4.78, 5) is 20.9. The second-order valence-electron chi connectivity index (χ2n) is 2.96. The number of carbonyl (C=O) groups excluding carboxylic acids is 1. The lowest BCUT2D eigenvalue weighted by molar-refractivity contribution is -0.137. The van der Waals surface area contributed by atoms with Crippen LogP contribution in [0.15, 0.2) is 12.7 Å². The third-order valence-electron chi connectivity index (χ3n) is 1.67. The summed E-state index contributed by atoms with van der Waals surface area (Å²) >= 11 is 0. The number of rotatable bonds is 7. The zero-order valence-corrected chi connectivity index (χ0v) is 8.03. The third kappa shape index (κ3) is 7.30. The smallest absolute Gasteiger partial charge is 0.303 e. The first kappa shape index (κ1) is 12.6. The minimum Gasteiger partial charge on any atom is -0.481 e. The molecule has 1 amide bonds. The van der Waals surface area contributed by atoms with Crippen LogP contribution in [-0.2, 0) is 9.59 Å². The van der Waals surface area contributed by atoms with E-state index in [1.54, 1.807) is 0 Å². The van der Waals surface area contributed by atoms with Crippen LogP contribution < -0.4 is 11.1 Å². The van der Waals surface area contributed by atoms with Gasteiger partial charge in [0.1, 0.15) is 0 Å². The minimum absolute atomic E-state index is 0.141. The Morgan fingerprint density at radius 3 is 2.64 bits per heavy atom. The van der Waals surface area contributed by atoms with Crippen LogP contribution in [0.1, 0.15) is 25.7 Å². The monoisotopic (exact) mass is 200 g/mol. The molecule has 5 heteroatoms. The molecule has 0 aliphatic carbocycles. The van der Waals surface area contributed by atoms with Gasteiger partial charge in [-0.15, -0.1) is 0 Å². The van der Waals surface area contributed by atoms with Crippen molar-refractivity contribution in [2.75, 3.05) is 0 Å². The van der Waals surface area contributed by atoms with Crippen LogP contribution in [0.4, 0.5) is 0 Å². The van der Waals surface area contributed by atoms with Crippen molar-refractivity contribution in [2.24, 2.45) is 5.73 Å². The van der Waals surface area contributed by atoms with Crippen LogP contribution in [0.25, 0.3) is 0 Å². The van der Waals surface area contributed by atoms with Crippen molar-refractivity contribution in [3.05, 3.63) is 12.7 Å². The standard InChI is InChI=1S/C9H16N2O3/c1-2-8(12)11-7(10)5-3-4-6-9(13)14/h2,7H,1,3-6,10H2,(H,11,12)(H,13,14). The normalized spacial score (nSPS) is 11.8. The lowest BCUT2D eigenvalue weighted by Gasteiger charge is -2.11. The fraction of sp³-hybridized carbons (Fsp3) is 0.556. The lowest BCUT2D eigenvalue weighted by Crippen LogP contribution is -2.40. The molecule has 0 aliphatic heterocycles. The summed E-state index contributed by atoms with van der Waals surface area (Å²) in [5.41, 5.74) is 5.54. The topological polar surface area (TPSA) is 92.4 Å². The molecule has 0 aromatic heterocycles. The van der Waals surface area contributed by atoms with Crippen molar-refractivity contribution in [2.45, 2.75) is 31.8 Å². The molecule has 0 aliphatic rings. The number of carbonyl (C=O) groups is 2. The molecule has 0 aromatic rings. The predicted molar refractivity (Wildman–Crippen MR) is 52.4 cm³/mol. The van der Waals surface area contributed by atoms with E-state index in [-0.39, 0.29) is 12.3 Å². The van der Waals surface area contributed by atoms with Gasteiger partial charge in [0.25, 0.3) is 0 Å². The molecule has 80 valence electrons. The Balaban J connectivity index is 3.44. The average molecular weight is 200 g/mol. The summed E-state index contributed by atoms with van der Waals surface area (Å²) in [6, 6.07) is 0. The van der Waals surface area contributed by atoms with Gasteiger partial charge in [-0.2, -0.15) is 0 Å². The van der Waals surface area contributed by atoms with Crippen molar-refractivity contribution in [3.8, 4) is 0 Å². The maximum absolute atomic E-state index is 10.8. The Kier molecular flexibility index (Phi) is 6.39. The summed E-state index contributed by atoms with van der Waals surface area (Å²) in [7, 11) is 0. The number of carboxylic acid groups (broad SMARTS) is 1. The van der Waals surface area contributed by atoms with E-state index in [0.29, 0.717) is 19.3 Å². The van der Waals surface area contributed by atoms with Gasteiger partial charge in [0.05, 0.1) is 6.17 Å². The van der Waals surface area contributed by atoms with Gasteiger partial charge in [0.2, 0.25) is 5.91 Å². The number of carboxylic acids is 1.